The minimum atomic E-state index is -0.441. The Balaban J connectivity index is 1.57. The van der Waals surface area contributed by atoms with Crippen LogP contribution in [0.1, 0.15) is 5.56 Å². The first-order valence-corrected chi connectivity index (χ1v) is 8.90. The summed E-state index contributed by atoms with van der Waals surface area (Å²) < 4.78 is 10.4. The fraction of sp³-hybridized carbons (Fsp3) is 0.350. The smallest absolute Gasteiger partial charge is 0.321 e. The highest BCUT2D eigenvalue weighted by molar-refractivity contribution is 5.81. The molecule has 0 spiro atoms. The van der Waals surface area contributed by atoms with Crippen LogP contribution >= 0.6 is 0 Å². The van der Waals surface area contributed by atoms with Crippen molar-refractivity contribution < 1.29 is 14.6 Å². The maximum Gasteiger partial charge on any atom is 0.321 e. The number of rotatable bonds is 5. The van der Waals surface area contributed by atoms with Gasteiger partial charge in [-0.2, -0.15) is 9.97 Å². The van der Waals surface area contributed by atoms with Gasteiger partial charge in [0.2, 0.25) is 5.88 Å². The van der Waals surface area contributed by atoms with Crippen LogP contribution in [0.25, 0.3) is 10.9 Å². The molecule has 1 saturated heterocycles. The average molecular weight is 366 g/mol. The Labute approximate surface area is 157 Å². The molecule has 1 aromatic carbocycles. The van der Waals surface area contributed by atoms with Gasteiger partial charge in [-0.05, 0) is 24.1 Å². The first-order chi connectivity index (χ1) is 13.2. The third kappa shape index (κ3) is 3.50. The Hall–Kier alpha value is -2.93. The normalized spacial score (nSPS) is 19.4. The first-order valence-electron chi connectivity index (χ1n) is 8.90. The van der Waals surface area contributed by atoms with Gasteiger partial charge in [0.25, 0.3) is 0 Å². The number of aromatic nitrogens is 3. The number of anilines is 1. The SMILES string of the molecule is COc1cc(N2C[C@@H](Cc3ccnc4ccccc34)[C@H](O)C2)nc(OC)n1. The molecule has 140 valence electrons. The van der Waals surface area contributed by atoms with Crippen LogP contribution < -0.4 is 14.4 Å². The van der Waals surface area contributed by atoms with Gasteiger partial charge in [-0.1, -0.05) is 18.2 Å². The lowest BCUT2D eigenvalue weighted by atomic mass is 9.94. The van der Waals surface area contributed by atoms with Crippen molar-refractivity contribution in [2.75, 3.05) is 32.2 Å². The number of fused-ring (bicyclic) bond motifs is 1. The molecule has 7 heteroatoms. The topological polar surface area (TPSA) is 80.6 Å². The molecule has 0 saturated carbocycles. The predicted molar refractivity (Wildman–Crippen MR) is 102 cm³/mol. The molecule has 2 atom stereocenters. The average Bonchev–Trinajstić information content (AvgIpc) is 3.08. The monoisotopic (exact) mass is 366 g/mol. The fourth-order valence-electron chi connectivity index (χ4n) is 3.61. The van der Waals surface area contributed by atoms with E-state index in [1.165, 1.54) is 12.7 Å². The van der Waals surface area contributed by atoms with Crippen molar-refractivity contribution in [3.63, 3.8) is 0 Å². The van der Waals surface area contributed by atoms with Crippen molar-refractivity contribution in [3.05, 3.63) is 48.2 Å². The molecule has 1 N–H and O–H groups in total. The summed E-state index contributed by atoms with van der Waals surface area (Å²) in [5.74, 6) is 1.23. The molecule has 0 aliphatic carbocycles. The highest BCUT2D eigenvalue weighted by Gasteiger charge is 2.33. The minimum Gasteiger partial charge on any atom is -0.481 e. The Morgan fingerprint density at radius 1 is 1.11 bits per heavy atom. The fourth-order valence-corrected chi connectivity index (χ4v) is 3.61. The summed E-state index contributed by atoms with van der Waals surface area (Å²) in [4.78, 5) is 15.0. The van der Waals surface area contributed by atoms with Crippen LogP contribution in [0.4, 0.5) is 5.82 Å². The van der Waals surface area contributed by atoms with Crippen molar-refractivity contribution in [1.29, 1.82) is 0 Å². The zero-order valence-electron chi connectivity index (χ0n) is 15.4. The van der Waals surface area contributed by atoms with Crippen LogP contribution in [0.3, 0.4) is 0 Å². The molecule has 3 aromatic rings. The van der Waals surface area contributed by atoms with Crippen LogP contribution in [-0.4, -0.2) is 53.5 Å². The second-order valence-electron chi connectivity index (χ2n) is 6.68. The number of methoxy groups -OCH3 is 2. The van der Waals surface area contributed by atoms with E-state index in [4.69, 9.17) is 9.47 Å². The van der Waals surface area contributed by atoms with Gasteiger partial charge in [0, 0.05) is 36.7 Å². The first kappa shape index (κ1) is 17.5. The third-order valence-electron chi connectivity index (χ3n) is 5.01. The van der Waals surface area contributed by atoms with E-state index in [-0.39, 0.29) is 11.9 Å². The molecule has 0 bridgehead atoms. The zero-order chi connectivity index (χ0) is 18.8. The number of hydrogen-bond acceptors (Lipinski definition) is 7. The summed E-state index contributed by atoms with van der Waals surface area (Å²) >= 11 is 0. The van der Waals surface area contributed by atoms with E-state index in [9.17, 15) is 5.11 Å². The molecule has 3 heterocycles. The number of hydrogen-bond donors (Lipinski definition) is 1. The third-order valence-corrected chi connectivity index (χ3v) is 5.01. The number of ether oxygens (including phenoxy) is 2. The highest BCUT2D eigenvalue weighted by atomic mass is 16.5. The maximum absolute atomic E-state index is 10.6. The number of β-amino-alcohol motifs (C(OH)–C–C–N with tert-alkyl or cyclic N) is 1. The number of para-hydroxylation sites is 1. The van der Waals surface area contributed by atoms with E-state index < -0.39 is 6.10 Å². The van der Waals surface area contributed by atoms with Gasteiger partial charge in [-0.3, -0.25) is 4.98 Å². The number of benzene rings is 1. The molecule has 4 rings (SSSR count). The van der Waals surface area contributed by atoms with Crippen LogP contribution in [-0.2, 0) is 6.42 Å². The van der Waals surface area contributed by atoms with Crippen LogP contribution in [0.2, 0.25) is 0 Å². The summed E-state index contributed by atoms with van der Waals surface area (Å²) in [5.41, 5.74) is 2.17. The number of aliphatic hydroxyl groups excluding tert-OH is 1. The van der Waals surface area contributed by atoms with Gasteiger partial charge in [0.05, 0.1) is 25.8 Å². The molecular formula is C20H22N4O3. The Kier molecular flexibility index (Phi) is 4.77. The molecule has 7 nitrogen and oxygen atoms in total. The largest absolute Gasteiger partial charge is 0.481 e. The van der Waals surface area contributed by atoms with Gasteiger partial charge < -0.3 is 19.5 Å². The van der Waals surface area contributed by atoms with E-state index in [0.29, 0.717) is 24.8 Å². The van der Waals surface area contributed by atoms with E-state index >= 15 is 0 Å². The Morgan fingerprint density at radius 3 is 2.78 bits per heavy atom. The second-order valence-corrected chi connectivity index (χ2v) is 6.68. The van der Waals surface area contributed by atoms with Crippen molar-refractivity contribution in [2.24, 2.45) is 5.92 Å². The van der Waals surface area contributed by atoms with E-state index in [2.05, 4.69) is 21.0 Å². The highest BCUT2D eigenvalue weighted by Crippen LogP contribution is 2.29. The number of pyridine rings is 1. The van der Waals surface area contributed by atoms with Gasteiger partial charge in [-0.25, -0.2) is 0 Å². The summed E-state index contributed by atoms with van der Waals surface area (Å²) in [6.07, 6.45) is 2.17. The molecule has 0 radical (unpaired) electrons. The predicted octanol–water partition coefficient (Wildman–Crippen LogP) is 2.08. The molecule has 1 fully saturated rings. The van der Waals surface area contributed by atoms with Crippen LogP contribution in [0, 0.1) is 5.92 Å². The number of nitrogens with zero attached hydrogens (tertiary/aromatic N) is 4. The lowest BCUT2D eigenvalue weighted by molar-refractivity contribution is 0.148. The summed E-state index contributed by atoms with van der Waals surface area (Å²) in [6, 6.07) is 12.1. The van der Waals surface area contributed by atoms with E-state index in [0.717, 1.165) is 17.3 Å². The van der Waals surface area contributed by atoms with Gasteiger partial charge in [-0.15, -0.1) is 0 Å². The molecule has 0 amide bonds. The maximum atomic E-state index is 10.6. The van der Waals surface area contributed by atoms with Crippen LogP contribution in [0.15, 0.2) is 42.6 Å². The molecular weight excluding hydrogens is 344 g/mol. The summed E-state index contributed by atoms with van der Waals surface area (Å²) in [5, 5.41) is 11.8. The van der Waals surface area contributed by atoms with Crippen molar-refractivity contribution in [3.8, 4) is 11.9 Å². The van der Waals surface area contributed by atoms with Crippen molar-refractivity contribution >= 4 is 16.7 Å². The van der Waals surface area contributed by atoms with Crippen molar-refractivity contribution in [2.45, 2.75) is 12.5 Å². The lowest BCUT2D eigenvalue weighted by Crippen LogP contribution is -2.22. The van der Waals surface area contributed by atoms with E-state index in [1.807, 2.05) is 35.4 Å². The van der Waals surface area contributed by atoms with E-state index in [1.54, 1.807) is 13.2 Å². The molecule has 27 heavy (non-hydrogen) atoms. The Morgan fingerprint density at radius 2 is 1.96 bits per heavy atom. The van der Waals surface area contributed by atoms with Gasteiger partial charge in [0.15, 0.2) is 0 Å². The Bertz CT molecular complexity index is 922. The molecule has 0 unspecified atom stereocenters. The molecule has 2 aromatic heterocycles. The quantitative estimate of drug-likeness (QED) is 0.740. The van der Waals surface area contributed by atoms with Crippen LogP contribution in [0.5, 0.6) is 11.9 Å². The minimum absolute atomic E-state index is 0.0998. The molecule has 1 aliphatic rings. The lowest BCUT2D eigenvalue weighted by Gasteiger charge is -2.18. The molecule has 1 aliphatic heterocycles. The zero-order valence-corrected chi connectivity index (χ0v) is 15.4. The summed E-state index contributed by atoms with van der Waals surface area (Å²) in [6.45, 7) is 1.21. The van der Waals surface area contributed by atoms with Gasteiger partial charge in [0.1, 0.15) is 5.82 Å². The standard InChI is InChI=1S/C20H22N4O3/c1-26-19-10-18(22-20(23-19)27-2)24-11-14(17(25)12-24)9-13-7-8-21-16-6-4-3-5-15(13)16/h3-8,10,14,17,25H,9,11-12H2,1-2H3/t14-,17-/m1/s1. The second kappa shape index (κ2) is 7.36. The summed E-state index contributed by atoms with van der Waals surface area (Å²) in [7, 11) is 3.08. The van der Waals surface area contributed by atoms with Crippen molar-refractivity contribution in [1.82, 2.24) is 15.0 Å². The van der Waals surface area contributed by atoms with Gasteiger partial charge >= 0.3 is 6.01 Å². The number of aliphatic hydroxyl groups is 1.